The van der Waals surface area contributed by atoms with Gasteiger partial charge < -0.3 is 14.4 Å². The summed E-state index contributed by atoms with van der Waals surface area (Å²) in [5.74, 6) is -0.119. The van der Waals surface area contributed by atoms with Gasteiger partial charge in [-0.05, 0) is 24.1 Å². The summed E-state index contributed by atoms with van der Waals surface area (Å²) in [6, 6.07) is 3.71. The first-order valence-corrected chi connectivity index (χ1v) is 7.71. The second-order valence-electron chi connectivity index (χ2n) is 5.18. The van der Waals surface area contributed by atoms with Gasteiger partial charge in [0.05, 0.1) is 19.8 Å². The number of nitrogens with zero attached hydrogens (tertiary/aromatic N) is 1. The van der Waals surface area contributed by atoms with E-state index < -0.39 is 6.10 Å². The largest absolute Gasteiger partial charge is 0.376 e. The third-order valence-electron chi connectivity index (χ3n) is 3.82. The van der Waals surface area contributed by atoms with Crippen molar-refractivity contribution in [1.29, 1.82) is 0 Å². The van der Waals surface area contributed by atoms with Gasteiger partial charge in [0.25, 0.3) is 0 Å². The van der Waals surface area contributed by atoms with Crippen LogP contribution < -0.4 is 4.90 Å². The summed E-state index contributed by atoms with van der Waals surface area (Å²) in [6.45, 7) is 3.43. The lowest BCUT2D eigenvalue weighted by atomic mass is 10.0. The highest BCUT2D eigenvalue weighted by Gasteiger charge is 2.29. The molecule has 1 unspecified atom stereocenters. The molecule has 21 heavy (non-hydrogen) atoms. The maximum absolute atomic E-state index is 12.6. The van der Waals surface area contributed by atoms with Crippen molar-refractivity contribution in [2.45, 2.75) is 19.4 Å². The number of hydrogen-bond donors (Lipinski definition) is 0. The van der Waals surface area contributed by atoms with E-state index in [9.17, 15) is 9.59 Å². The highest BCUT2D eigenvalue weighted by molar-refractivity contribution is 9.10. The van der Waals surface area contributed by atoms with Crippen LogP contribution in [0.3, 0.4) is 0 Å². The van der Waals surface area contributed by atoms with Gasteiger partial charge in [-0.25, -0.2) is 0 Å². The molecule has 0 aromatic heterocycles. The predicted octanol–water partition coefficient (Wildman–Crippen LogP) is 1.96. The molecule has 0 radical (unpaired) electrons. The van der Waals surface area contributed by atoms with E-state index in [1.54, 1.807) is 11.0 Å². The summed E-state index contributed by atoms with van der Waals surface area (Å²) in [4.78, 5) is 25.9. The summed E-state index contributed by atoms with van der Waals surface area (Å²) < 4.78 is 11.5. The Balaban J connectivity index is 1.94. The molecule has 1 amide bonds. The first kappa shape index (κ1) is 14.7. The highest BCUT2D eigenvalue weighted by atomic mass is 79.9. The third-order valence-corrected chi connectivity index (χ3v) is 4.47. The number of anilines is 1. The number of halogens is 1. The Hall–Kier alpha value is -1.24. The topological polar surface area (TPSA) is 55.8 Å². The summed E-state index contributed by atoms with van der Waals surface area (Å²) in [7, 11) is 0. The molecule has 1 aromatic carbocycles. The zero-order chi connectivity index (χ0) is 15.0. The lowest BCUT2D eigenvalue weighted by Crippen LogP contribution is -2.35. The average Bonchev–Trinajstić information content (AvgIpc) is 2.89. The fraction of sp³-hybridized carbons (Fsp3) is 0.467. The van der Waals surface area contributed by atoms with Crippen LogP contribution in [0.1, 0.15) is 22.8 Å². The maximum Gasteiger partial charge on any atom is 0.223 e. The number of carbonyl (C=O) groups excluding carboxylic acids is 2. The molecule has 1 saturated heterocycles. The zero-order valence-corrected chi connectivity index (χ0v) is 13.3. The minimum Gasteiger partial charge on any atom is -0.376 e. The lowest BCUT2D eigenvalue weighted by Gasteiger charge is -2.23. The molecule has 112 valence electrons. The SMILES string of the molecule is CC(=O)N1CCc2cc(Br)c(C(=O)C3COCCO3)cc21. The van der Waals surface area contributed by atoms with Crippen LogP contribution in [0.4, 0.5) is 5.69 Å². The van der Waals surface area contributed by atoms with Crippen molar-refractivity contribution < 1.29 is 19.1 Å². The molecule has 5 nitrogen and oxygen atoms in total. The van der Waals surface area contributed by atoms with E-state index in [0.717, 1.165) is 22.1 Å². The quantitative estimate of drug-likeness (QED) is 0.762. The van der Waals surface area contributed by atoms with Crippen molar-refractivity contribution in [2.75, 3.05) is 31.3 Å². The Morgan fingerprint density at radius 3 is 2.81 bits per heavy atom. The second-order valence-corrected chi connectivity index (χ2v) is 6.03. The van der Waals surface area contributed by atoms with Crippen LogP contribution >= 0.6 is 15.9 Å². The van der Waals surface area contributed by atoms with E-state index in [0.29, 0.717) is 25.3 Å². The maximum atomic E-state index is 12.6. The van der Waals surface area contributed by atoms with Crippen molar-refractivity contribution in [3.63, 3.8) is 0 Å². The van der Waals surface area contributed by atoms with Gasteiger partial charge >= 0.3 is 0 Å². The Bertz CT molecular complexity index is 596. The van der Waals surface area contributed by atoms with Gasteiger partial charge in [0, 0.05) is 29.2 Å². The third kappa shape index (κ3) is 2.75. The Labute approximate surface area is 131 Å². The molecule has 0 bridgehead atoms. The van der Waals surface area contributed by atoms with Crippen LogP contribution in [0.2, 0.25) is 0 Å². The van der Waals surface area contributed by atoms with Gasteiger partial charge in [0.1, 0.15) is 6.10 Å². The van der Waals surface area contributed by atoms with Crippen LogP contribution in [0, 0.1) is 0 Å². The van der Waals surface area contributed by atoms with Crippen molar-refractivity contribution >= 4 is 33.3 Å². The summed E-state index contributed by atoms with van der Waals surface area (Å²) in [5.41, 5.74) is 2.44. The number of benzene rings is 1. The minimum absolute atomic E-state index is 0.00767. The molecule has 6 heteroatoms. The van der Waals surface area contributed by atoms with Gasteiger partial charge in [0.15, 0.2) is 5.78 Å². The van der Waals surface area contributed by atoms with Crippen LogP contribution in [0.25, 0.3) is 0 Å². The van der Waals surface area contributed by atoms with Crippen LogP contribution in [0.5, 0.6) is 0 Å². The van der Waals surface area contributed by atoms with Gasteiger partial charge in [0.2, 0.25) is 5.91 Å². The number of hydrogen-bond acceptors (Lipinski definition) is 4. The normalized spacial score (nSPS) is 21.2. The smallest absolute Gasteiger partial charge is 0.223 e. The second kappa shape index (κ2) is 5.87. The molecule has 2 aliphatic heterocycles. The lowest BCUT2D eigenvalue weighted by molar-refractivity contribution is -0.116. The molecule has 2 aliphatic rings. The molecular formula is C15H16BrNO4. The fourth-order valence-electron chi connectivity index (χ4n) is 2.74. The average molecular weight is 354 g/mol. The molecule has 0 aliphatic carbocycles. The molecule has 3 rings (SSSR count). The summed E-state index contributed by atoms with van der Waals surface area (Å²) in [5, 5.41) is 0. The van der Waals surface area contributed by atoms with Gasteiger partial charge in [-0.3, -0.25) is 9.59 Å². The molecule has 0 spiro atoms. The molecule has 1 atom stereocenters. The van der Waals surface area contributed by atoms with Crippen molar-refractivity contribution in [3.8, 4) is 0 Å². The molecule has 1 aromatic rings. The number of ether oxygens (including phenoxy) is 2. The number of amides is 1. The molecular weight excluding hydrogens is 338 g/mol. The number of Topliss-reactive ketones (excluding diaryl/α,β-unsaturated/α-hetero) is 1. The van der Waals surface area contributed by atoms with Crippen LogP contribution in [-0.4, -0.2) is 44.2 Å². The van der Waals surface area contributed by atoms with Gasteiger partial charge in [-0.2, -0.15) is 0 Å². The van der Waals surface area contributed by atoms with E-state index in [1.165, 1.54) is 6.92 Å². The molecule has 0 saturated carbocycles. The Kier molecular flexibility index (Phi) is 4.10. The molecule has 1 fully saturated rings. The van der Waals surface area contributed by atoms with Gasteiger partial charge in [-0.1, -0.05) is 15.9 Å². The van der Waals surface area contributed by atoms with E-state index >= 15 is 0 Å². The number of ketones is 1. The monoisotopic (exact) mass is 353 g/mol. The molecule has 2 heterocycles. The zero-order valence-electron chi connectivity index (χ0n) is 11.7. The van der Waals surface area contributed by atoms with Gasteiger partial charge in [-0.15, -0.1) is 0 Å². The Morgan fingerprint density at radius 1 is 1.33 bits per heavy atom. The number of rotatable bonds is 2. The van der Waals surface area contributed by atoms with E-state index in [1.807, 2.05) is 6.07 Å². The summed E-state index contributed by atoms with van der Waals surface area (Å²) in [6.07, 6.45) is 0.241. The van der Waals surface area contributed by atoms with E-state index in [4.69, 9.17) is 9.47 Å². The number of carbonyl (C=O) groups is 2. The van der Waals surface area contributed by atoms with Crippen LogP contribution in [0.15, 0.2) is 16.6 Å². The fourth-order valence-corrected chi connectivity index (χ4v) is 3.32. The summed E-state index contributed by atoms with van der Waals surface area (Å²) >= 11 is 3.45. The van der Waals surface area contributed by atoms with E-state index in [-0.39, 0.29) is 18.3 Å². The van der Waals surface area contributed by atoms with Crippen molar-refractivity contribution in [2.24, 2.45) is 0 Å². The number of fused-ring (bicyclic) bond motifs is 1. The van der Waals surface area contributed by atoms with E-state index in [2.05, 4.69) is 15.9 Å². The minimum atomic E-state index is -0.569. The predicted molar refractivity (Wildman–Crippen MR) is 80.8 cm³/mol. The first-order valence-electron chi connectivity index (χ1n) is 6.92. The Morgan fingerprint density at radius 2 is 2.14 bits per heavy atom. The van der Waals surface area contributed by atoms with Crippen molar-refractivity contribution in [1.82, 2.24) is 0 Å². The highest BCUT2D eigenvalue weighted by Crippen LogP contribution is 2.34. The first-order chi connectivity index (χ1) is 10.1. The molecule has 0 N–H and O–H groups in total. The van der Waals surface area contributed by atoms with Crippen molar-refractivity contribution in [3.05, 3.63) is 27.7 Å². The standard InChI is InChI=1S/C15H16BrNO4/c1-9(18)17-3-2-10-6-12(16)11(7-13(10)17)15(19)14-8-20-4-5-21-14/h6-7,14H,2-5,8H2,1H3. The van der Waals surface area contributed by atoms with Crippen LogP contribution in [-0.2, 0) is 20.7 Å².